The molecule has 0 saturated carbocycles. The number of carbonyl (C=O) groups is 1. The van der Waals surface area contributed by atoms with E-state index in [2.05, 4.69) is 15.8 Å². The minimum absolute atomic E-state index is 0.103. The molecule has 118 valence electrons. The van der Waals surface area contributed by atoms with Crippen molar-refractivity contribution in [2.45, 2.75) is 13.8 Å². The number of nitrogens with one attached hydrogen (secondary N) is 2. The van der Waals surface area contributed by atoms with Gasteiger partial charge in [0.2, 0.25) is 0 Å². The van der Waals surface area contributed by atoms with Gasteiger partial charge in [0.05, 0.1) is 12.8 Å². The average Bonchev–Trinajstić information content (AvgIpc) is 2.93. The van der Waals surface area contributed by atoms with E-state index in [-0.39, 0.29) is 5.57 Å². The zero-order valence-electron chi connectivity index (χ0n) is 13.0. The fourth-order valence-corrected chi connectivity index (χ4v) is 1.84. The van der Waals surface area contributed by atoms with Gasteiger partial charge in [-0.25, -0.2) is 0 Å². The number of carbonyl (C=O) groups excluding carboxylic acids is 1. The first-order valence-electron chi connectivity index (χ1n) is 6.79. The number of aryl methyl sites for hydroxylation is 2. The standard InChI is InChI=1S/C16H16N4O3/c1-10-4-5-14(22-3)13(6-10)19-16(21)12(8-17)9-18-15-7-11(2)23-20-15/h4-7,9H,1-3H3,(H,18,20)(H,19,21)/b12-9-. The fraction of sp³-hybridized carbons (Fsp3) is 0.188. The smallest absolute Gasteiger partial charge is 0.267 e. The van der Waals surface area contributed by atoms with Crippen molar-refractivity contribution in [3.05, 3.63) is 47.4 Å². The molecule has 0 aliphatic rings. The van der Waals surface area contributed by atoms with Crippen LogP contribution in [0.2, 0.25) is 0 Å². The van der Waals surface area contributed by atoms with Crippen LogP contribution in [0.3, 0.4) is 0 Å². The highest BCUT2D eigenvalue weighted by atomic mass is 16.5. The Morgan fingerprint density at radius 3 is 2.78 bits per heavy atom. The molecule has 23 heavy (non-hydrogen) atoms. The minimum Gasteiger partial charge on any atom is -0.495 e. The van der Waals surface area contributed by atoms with E-state index in [4.69, 9.17) is 14.5 Å². The molecule has 0 spiro atoms. The normalized spacial score (nSPS) is 10.8. The van der Waals surface area contributed by atoms with Crippen LogP contribution >= 0.6 is 0 Å². The predicted molar refractivity (Wildman–Crippen MR) is 84.9 cm³/mol. The molecule has 1 aromatic heterocycles. The number of hydrogen-bond donors (Lipinski definition) is 2. The van der Waals surface area contributed by atoms with Crippen molar-refractivity contribution < 1.29 is 14.1 Å². The van der Waals surface area contributed by atoms with Crippen LogP contribution in [-0.4, -0.2) is 18.2 Å². The van der Waals surface area contributed by atoms with Crippen LogP contribution in [0.5, 0.6) is 5.75 Å². The Morgan fingerprint density at radius 1 is 1.39 bits per heavy atom. The molecule has 0 atom stereocenters. The lowest BCUT2D eigenvalue weighted by Crippen LogP contribution is -2.15. The number of benzene rings is 1. The highest BCUT2D eigenvalue weighted by Gasteiger charge is 2.12. The summed E-state index contributed by atoms with van der Waals surface area (Å²) in [5.74, 6) is 0.995. The van der Waals surface area contributed by atoms with E-state index in [0.29, 0.717) is 23.0 Å². The average molecular weight is 312 g/mol. The Morgan fingerprint density at radius 2 is 2.17 bits per heavy atom. The van der Waals surface area contributed by atoms with Gasteiger partial charge in [-0.3, -0.25) is 4.79 Å². The Hall–Kier alpha value is -3.27. The van der Waals surface area contributed by atoms with Gasteiger partial charge in [-0.15, -0.1) is 0 Å². The summed E-state index contributed by atoms with van der Waals surface area (Å²) in [4.78, 5) is 12.2. The molecule has 2 N–H and O–H groups in total. The highest BCUT2D eigenvalue weighted by molar-refractivity contribution is 6.07. The van der Waals surface area contributed by atoms with Gasteiger partial charge in [0.1, 0.15) is 23.2 Å². The van der Waals surface area contributed by atoms with E-state index < -0.39 is 5.91 Å². The third-order valence-electron chi connectivity index (χ3n) is 2.96. The van der Waals surface area contributed by atoms with Crippen molar-refractivity contribution >= 4 is 17.4 Å². The van der Waals surface area contributed by atoms with Gasteiger partial charge in [-0.05, 0) is 31.5 Å². The Balaban J connectivity index is 2.14. The Labute approximate surface area is 133 Å². The van der Waals surface area contributed by atoms with Gasteiger partial charge < -0.3 is 19.9 Å². The molecule has 7 nitrogen and oxygen atoms in total. The molecule has 1 heterocycles. The molecular weight excluding hydrogens is 296 g/mol. The predicted octanol–water partition coefficient (Wildman–Crippen LogP) is 2.76. The number of nitriles is 1. The van der Waals surface area contributed by atoms with E-state index in [1.54, 1.807) is 25.1 Å². The molecule has 2 aromatic rings. The second-order valence-corrected chi connectivity index (χ2v) is 4.79. The summed E-state index contributed by atoms with van der Waals surface area (Å²) >= 11 is 0. The quantitative estimate of drug-likeness (QED) is 0.650. The third kappa shape index (κ3) is 4.11. The molecule has 0 fully saturated rings. The van der Waals surface area contributed by atoms with Gasteiger partial charge in [0.25, 0.3) is 5.91 Å². The molecule has 1 amide bonds. The molecule has 2 rings (SSSR count). The molecule has 0 aliphatic heterocycles. The second kappa shape index (κ2) is 7.13. The molecule has 0 radical (unpaired) electrons. The van der Waals surface area contributed by atoms with Crippen LogP contribution in [0.4, 0.5) is 11.5 Å². The van der Waals surface area contributed by atoms with Crippen molar-refractivity contribution in [1.29, 1.82) is 5.26 Å². The van der Waals surface area contributed by atoms with Crippen molar-refractivity contribution in [3.63, 3.8) is 0 Å². The third-order valence-corrected chi connectivity index (χ3v) is 2.96. The van der Waals surface area contributed by atoms with E-state index in [9.17, 15) is 4.79 Å². The summed E-state index contributed by atoms with van der Waals surface area (Å²) in [6, 6.07) is 8.86. The molecule has 0 aliphatic carbocycles. The molecule has 0 saturated heterocycles. The van der Waals surface area contributed by atoms with Crippen LogP contribution in [0, 0.1) is 25.2 Å². The molecular formula is C16H16N4O3. The summed E-state index contributed by atoms with van der Waals surface area (Å²) in [6.45, 7) is 3.63. The van der Waals surface area contributed by atoms with E-state index in [0.717, 1.165) is 5.56 Å². The lowest BCUT2D eigenvalue weighted by atomic mass is 10.2. The first kappa shape index (κ1) is 16.1. The van der Waals surface area contributed by atoms with Gasteiger partial charge in [-0.2, -0.15) is 5.26 Å². The largest absolute Gasteiger partial charge is 0.495 e. The number of anilines is 2. The molecule has 0 unspecified atom stereocenters. The highest BCUT2D eigenvalue weighted by Crippen LogP contribution is 2.25. The monoisotopic (exact) mass is 312 g/mol. The first-order chi connectivity index (χ1) is 11.0. The first-order valence-corrected chi connectivity index (χ1v) is 6.79. The van der Waals surface area contributed by atoms with Crippen LogP contribution in [0.1, 0.15) is 11.3 Å². The number of ether oxygens (including phenoxy) is 1. The number of hydrogen-bond acceptors (Lipinski definition) is 6. The zero-order chi connectivity index (χ0) is 16.8. The van der Waals surface area contributed by atoms with Gasteiger partial charge >= 0.3 is 0 Å². The summed E-state index contributed by atoms with van der Waals surface area (Å²) in [6.07, 6.45) is 1.27. The molecule has 0 bridgehead atoms. The SMILES string of the molecule is COc1ccc(C)cc1NC(=O)/C(C#N)=C\Nc1cc(C)on1. The number of nitrogens with zero attached hydrogens (tertiary/aromatic N) is 2. The number of methoxy groups -OCH3 is 1. The molecule has 7 heteroatoms. The van der Waals surface area contributed by atoms with Crippen molar-refractivity contribution in [3.8, 4) is 11.8 Å². The lowest BCUT2D eigenvalue weighted by molar-refractivity contribution is -0.112. The maximum absolute atomic E-state index is 12.2. The Kier molecular flexibility index (Phi) is 5.00. The number of rotatable bonds is 5. The van der Waals surface area contributed by atoms with E-state index >= 15 is 0 Å². The number of aromatic nitrogens is 1. The fourth-order valence-electron chi connectivity index (χ4n) is 1.84. The topological polar surface area (TPSA) is 100 Å². The summed E-state index contributed by atoms with van der Waals surface area (Å²) < 4.78 is 10.1. The maximum Gasteiger partial charge on any atom is 0.267 e. The van der Waals surface area contributed by atoms with Gasteiger partial charge in [0, 0.05) is 12.3 Å². The zero-order valence-corrected chi connectivity index (χ0v) is 13.0. The summed E-state index contributed by atoms with van der Waals surface area (Å²) in [5, 5.41) is 18.3. The minimum atomic E-state index is -0.552. The van der Waals surface area contributed by atoms with Gasteiger partial charge in [-0.1, -0.05) is 11.2 Å². The van der Waals surface area contributed by atoms with E-state index in [1.807, 2.05) is 19.1 Å². The lowest BCUT2D eigenvalue weighted by Gasteiger charge is -2.10. The van der Waals surface area contributed by atoms with Crippen LogP contribution in [0.15, 0.2) is 40.6 Å². The van der Waals surface area contributed by atoms with Crippen molar-refractivity contribution in [2.24, 2.45) is 0 Å². The molecule has 1 aromatic carbocycles. The summed E-state index contributed by atoms with van der Waals surface area (Å²) in [5.41, 5.74) is 1.35. The van der Waals surface area contributed by atoms with Crippen LogP contribution in [-0.2, 0) is 4.79 Å². The second-order valence-electron chi connectivity index (χ2n) is 4.79. The Bertz CT molecular complexity index is 787. The number of amides is 1. The van der Waals surface area contributed by atoms with Crippen molar-refractivity contribution in [2.75, 3.05) is 17.7 Å². The van der Waals surface area contributed by atoms with Gasteiger partial charge in [0.15, 0.2) is 5.82 Å². The summed E-state index contributed by atoms with van der Waals surface area (Å²) in [7, 11) is 1.51. The maximum atomic E-state index is 12.2. The van der Waals surface area contributed by atoms with E-state index in [1.165, 1.54) is 13.3 Å². The van der Waals surface area contributed by atoms with Crippen LogP contribution in [0.25, 0.3) is 0 Å². The van der Waals surface area contributed by atoms with Crippen LogP contribution < -0.4 is 15.4 Å². The van der Waals surface area contributed by atoms with Crippen molar-refractivity contribution in [1.82, 2.24) is 5.16 Å².